The molecular weight excluding hydrogens is 564 g/mol. The van der Waals surface area contributed by atoms with Gasteiger partial charge in [-0.2, -0.15) is 15.2 Å². The minimum atomic E-state index is -0.167. The van der Waals surface area contributed by atoms with Crippen LogP contribution in [-0.2, 0) is 23.3 Å². The van der Waals surface area contributed by atoms with Crippen LogP contribution in [0.5, 0.6) is 6.01 Å². The number of fused-ring (bicyclic) bond motifs is 2. The summed E-state index contributed by atoms with van der Waals surface area (Å²) in [6.07, 6.45) is 8.98. The van der Waals surface area contributed by atoms with Crippen LogP contribution < -0.4 is 9.64 Å². The van der Waals surface area contributed by atoms with E-state index in [1.54, 1.807) is 0 Å². The highest BCUT2D eigenvalue weighted by molar-refractivity contribution is 5.85. The van der Waals surface area contributed by atoms with Crippen molar-refractivity contribution < 1.29 is 9.53 Å². The number of anilines is 1. The van der Waals surface area contributed by atoms with E-state index < -0.39 is 0 Å². The number of likely N-dealkylation sites (N-methyl/N-ethyl adjacent to an activating group) is 2. The Hall–Kier alpha value is -3.52. The van der Waals surface area contributed by atoms with Gasteiger partial charge in [0.05, 0.1) is 24.2 Å². The summed E-state index contributed by atoms with van der Waals surface area (Å²) in [5.41, 5.74) is 6.11. The number of rotatable bonds is 7. The summed E-state index contributed by atoms with van der Waals surface area (Å²) in [4.78, 5) is 34.6. The van der Waals surface area contributed by atoms with Gasteiger partial charge in [0.1, 0.15) is 18.5 Å². The maximum Gasteiger partial charge on any atom is 0.318 e. The first kappa shape index (κ1) is 30.2. The highest BCUT2D eigenvalue weighted by atomic mass is 16.5. The van der Waals surface area contributed by atoms with Gasteiger partial charge < -0.3 is 19.4 Å². The Kier molecular flexibility index (Phi) is 8.05. The summed E-state index contributed by atoms with van der Waals surface area (Å²) >= 11 is 0. The van der Waals surface area contributed by atoms with Crippen LogP contribution in [0, 0.1) is 18.3 Å². The normalized spacial score (nSPS) is 29.7. The average molecular weight is 611 g/mol. The molecule has 5 heterocycles. The Morgan fingerprint density at radius 1 is 1.11 bits per heavy atom. The lowest BCUT2D eigenvalue weighted by molar-refractivity contribution is -0.134. The molecule has 0 spiro atoms. The molecule has 5 atom stereocenters. The molecular formula is C35H46N8O2. The Balaban J connectivity index is 1.20. The van der Waals surface area contributed by atoms with E-state index in [0.717, 1.165) is 57.0 Å². The third-order valence-electron chi connectivity index (χ3n) is 11.0. The Labute approximate surface area is 267 Å². The lowest BCUT2D eigenvalue weighted by Gasteiger charge is -2.47. The second-order valence-corrected chi connectivity index (χ2v) is 13.9. The lowest BCUT2D eigenvalue weighted by Crippen LogP contribution is -2.57. The highest BCUT2D eigenvalue weighted by Gasteiger charge is 2.44. The van der Waals surface area contributed by atoms with Crippen molar-refractivity contribution in [3.8, 4) is 12.1 Å². The molecule has 3 fully saturated rings. The monoisotopic (exact) mass is 610 g/mol. The molecule has 2 aromatic rings. The van der Waals surface area contributed by atoms with Gasteiger partial charge in [-0.05, 0) is 76.9 Å². The minimum absolute atomic E-state index is 0.0472. The number of aromatic nitrogens is 2. The fourth-order valence-electron chi connectivity index (χ4n) is 8.17. The third kappa shape index (κ3) is 5.60. The molecule has 1 aromatic heterocycles. The summed E-state index contributed by atoms with van der Waals surface area (Å²) < 4.78 is 6.38. The Bertz CT molecular complexity index is 1540. The fourth-order valence-corrected chi connectivity index (χ4v) is 8.17. The van der Waals surface area contributed by atoms with Crippen LogP contribution >= 0.6 is 0 Å². The molecule has 4 aliphatic heterocycles. The van der Waals surface area contributed by atoms with Crippen LogP contribution in [0.3, 0.4) is 0 Å². The Morgan fingerprint density at radius 3 is 2.71 bits per heavy atom. The second kappa shape index (κ2) is 12.0. The number of aryl methyl sites for hydroxylation is 1. The molecule has 5 aliphatic rings. The standard InChI is InChI=1S/C35H46N8O2/c1-24-8-5-9-25-10-6-14-35(2,31(24)25)42-17-13-28-29(21-42)37-34(45-23-27-11-7-16-39(27)3)38-32(28)41-18-19-43(26(20-41)12-15-36)33(44)30-22-40(30)4/h5-6,8-10,26-27,30H,7,11-14,16-23H2,1-4H3/t26-,27-,30-,35?,40?/m0/s1. The number of carbonyl (C=O) groups is 1. The van der Waals surface area contributed by atoms with Crippen LogP contribution in [0.15, 0.2) is 24.3 Å². The van der Waals surface area contributed by atoms with Gasteiger partial charge in [0.15, 0.2) is 0 Å². The summed E-state index contributed by atoms with van der Waals surface area (Å²) in [6.45, 7) is 10.5. The fraction of sp³-hybridized carbons (Fsp3) is 0.600. The van der Waals surface area contributed by atoms with Gasteiger partial charge in [-0.3, -0.25) is 14.6 Å². The van der Waals surface area contributed by atoms with Crippen molar-refractivity contribution in [2.24, 2.45) is 0 Å². The van der Waals surface area contributed by atoms with Crippen LogP contribution in [0.25, 0.3) is 6.08 Å². The number of nitrogens with zero attached hydrogens (tertiary/aromatic N) is 8. The van der Waals surface area contributed by atoms with Gasteiger partial charge in [-0.1, -0.05) is 30.4 Å². The van der Waals surface area contributed by atoms with Crippen molar-refractivity contribution in [1.29, 1.82) is 5.26 Å². The predicted molar refractivity (Wildman–Crippen MR) is 174 cm³/mol. The molecule has 1 amide bonds. The van der Waals surface area contributed by atoms with Gasteiger partial charge in [-0.15, -0.1) is 0 Å². The summed E-state index contributed by atoms with van der Waals surface area (Å²) in [7, 11) is 4.14. The second-order valence-electron chi connectivity index (χ2n) is 13.9. The molecule has 0 N–H and O–H groups in total. The first-order valence-electron chi connectivity index (χ1n) is 16.6. The maximum absolute atomic E-state index is 13.2. The topological polar surface area (TPSA) is 91.8 Å². The molecule has 45 heavy (non-hydrogen) atoms. The third-order valence-corrected chi connectivity index (χ3v) is 11.0. The minimum Gasteiger partial charge on any atom is -0.462 e. The smallest absolute Gasteiger partial charge is 0.318 e. The van der Waals surface area contributed by atoms with Crippen LogP contribution in [0.1, 0.15) is 60.6 Å². The van der Waals surface area contributed by atoms with Gasteiger partial charge in [0, 0.05) is 56.4 Å². The molecule has 1 aromatic carbocycles. The van der Waals surface area contributed by atoms with Gasteiger partial charge in [0.2, 0.25) is 5.91 Å². The van der Waals surface area contributed by atoms with Gasteiger partial charge in [-0.25, -0.2) is 0 Å². The van der Waals surface area contributed by atoms with Crippen LogP contribution in [0.4, 0.5) is 5.82 Å². The zero-order valence-corrected chi connectivity index (χ0v) is 27.2. The van der Waals surface area contributed by atoms with Gasteiger partial charge >= 0.3 is 6.01 Å². The van der Waals surface area contributed by atoms with E-state index in [-0.39, 0.29) is 23.5 Å². The van der Waals surface area contributed by atoms with Crippen molar-refractivity contribution in [3.05, 3.63) is 52.2 Å². The van der Waals surface area contributed by atoms with Crippen molar-refractivity contribution in [2.75, 3.05) is 64.9 Å². The molecule has 0 radical (unpaired) electrons. The van der Waals surface area contributed by atoms with Crippen LogP contribution in [-0.4, -0.2) is 114 Å². The number of ether oxygens (including phenoxy) is 1. The predicted octanol–water partition coefficient (Wildman–Crippen LogP) is 3.19. The van der Waals surface area contributed by atoms with Crippen molar-refractivity contribution in [1.82, 2.24) is 29.6 Å². The summed E-state index contributed by atoms with van der Waals surface area (Å²) in [5.74, 6) is 1.06. The summed E-state index contributed by atoms with van der Waals surface area (Å²) in [5, 5.41) is 9.70. The number of benzene rings is 1. The number of amides is 1. The number of hydrogen-bond acceptors (Lipinski definition) is 9. The molecule has 2 unspecified atom stereocenters. The average Bonchev–Trinajstić information content (AvgIpc) is 3.63. The first-order chi connectivity index (χ1) is 21.8. The molecule has 7 rings (SSSR count). The Morgan fingerprint density at radius 2 is 1.96 bits per heavy atom. The number of nitriles is 1. The molecule has 0 saturated carbocycles. The van der Waals surface area contributed by atoms with E-state index >= 15 is 0 Å². The van der Waals surface area contributed by atoms with Crippen molar-refractivity contribution >= 4 is 17.8 Å². The SMILES string of the molecule is Cc1cccc2c1C(C)(N1CCc3c(nc(OC[C@@H]4CCCN4C)nc3N3CCN(C(=O)[C@@H]4CN4C)[C@@H](CC#N)C3)C1)CC=C2. The maximum atomic E-state index is 13.2. The van der Waals surface area contributed by atoms with E-state index in [1.165, 1.54) is 28.7 Å². The molecule has 0 bridgehead atoms. The van der Waals surface area contributed by atoms with E-state index in [9.17, 15) is 10.1 Å². The highest BCUT2D eigenvalue weighted by Crippen LogP contribution is 2.43. The first-order valence-corrected chi connectivity index (χ1v) is 16.6. The summed E-state index contributed by atoms with van der Waals surface area (Å²) in [6, 6.07) is 9.54. The zero-order valence-electron chi connectivity index (χ0n) is 27.2. The van der Waals surface area contributed by atoms with E-state index in [2.05, 4.69) is 76.9 Å². The largest absolute Gasteiger partial charge is 0.462 e. The van der Waals surface area contributed by atoms with E-state index in [1.807, 2.05) is 11.9 Å². The zero-order chi connectivity index (χ0) is 31.3. The molecule has 3 saturated heterocycles. The molecule has 10 heteroatoms. The molecule has 238 valence electrons. The van der Waals surface area contributed by atoms with Gasteiger partial charge in [0.25, 0.3) is 0 Å². The molecule has 10 nitrogen and oxygen atoms in total. The van der Waals surface area contributed by atoms with E-state index in [0.29, 0.717) is 44.7 Å². The van der Waals surface area contributed by atoms with E-state index in [4.69, 9.17) is 14.7 Å². The van der Waals surface area contributed by atoms with Crippen LogP contribution in [0.2, 0.25) is 0 Å². The number of likely N-dealkylation sites (tertiary alicyclic amines) is 1. The van der Waals surface area contributed by atoms with Crippen molar-refractivity contribution in [2.45, 2.75) is 76.2 Å². The van der Waals surface area contributed by atoms with Crippen molar-refractivity contribution in [3.63, 3.8) is 0 Å². The number of hydrogen-bond donors (Lipinski definition) is 0. The number of piperazine rings is 1. The number of carbonyl (C=O) groups excluding carboxylic acids is 1. The quantitative estimate of drug-likeness (QED) is 0.439. The molecule has 1 aliphatic carbocycles. The lowest BCUT2D eigenvalue weighted by atomic mass is 9.77.